The van der Waals surface area contributed by atoms with E-state index in [0.717, 1.165) is 13.1 Å². The van der Waals surface area contributed by atoms with Crippen molar-refractivity contribution in [1.82, 2.24) is 0 Å². The molecule has 0 amide bonds. The maximum absolute atomic E-state index is 12.2. The lowest BCUT2D eigenvalue weighted by atomic mass is 10.1. The molecule has 0 unspecified atom stereocenters. The summed E-state index contributed by atoms with van der Waals surface area (Å²) in [6.45, 7) is 8.19. The molecule has 0 aliphatic carbocycles. The van der Waals surface area contributed by atoms with Crippen LogP contribution in [0, 0.1) is 0 Å². The van der Waals surface area contributed by atoms with Crippen LogP contribution in [-0.4, -0.2) is 48.8 Å². The number of hydrogen-bond donors (Lipinski definition) is 0. The van der Waals surface area contributed by atoms with Gasteiger partial charge in [-0.25, -0.2) is 13.0 Å². The third-order valence-corrected chi connectivity index (χ3v) is 14.5. The lowest BCUT2D eigenvalue weighted by Gasteiger charge is -2.29. The van der Waals surface area contributed by atoms with Crippen molar-refractivity contribution in [1.29, 1.82) is 0 Å². The number of halogens is 3. The summed E-state index contributed by atoms with van der Waals surface area (Å²) < 4.78 is 26.5. The zero-order valence-electron chi connectivity index (χ0n) is 10.8. The Morgan fingerprint density at radius 2 is 1.89 bits per heavy atom. The lowest BCUT2D eigenvalue weighted by Crippen LogP contribution is -3.00. The second-order valence-corrected chi connectivity index (χ2v) is 14.1. The van der Waals surface area contributed by atoms with Crippen LogP contribution in [0.2, 0.25) is 0 Å². The standard InChI is InChI=1S/C10H16Br2NO2S3.BrH/c1-4-13(5-2)8-16-7-6-18(14,15)10(11,12)9(7,3)17-8;/h7H,4-6H2,1-3H3;1H/q+1;/p-1/t7-,9-;/m1./s1. The van der Waals surface area contributed by atoms with Crippen LogP contribution in [0.5, 0.6) is 0 Å². The van der Waals surface area contributed by atoms with Gasteiger partial charge in [-0.15, -0.1) is 0 Å². The summed E-state index contributed by atoms with van der Waals surface area (Å²) in [5, 5.41) is 0.0989. The van der Waals surface area contributed by atoms with Gasteiger partial charge in [-0.2, -0.15) is 0 Å². The molecule has 2 rings (SSSR count). The van der Waals surface area contributed by atoms with E-state index in [9.17, 15) is 8.42 Å². The first kappa shape index (κ1) is 18.8. The van der Waals surface area contributed by atoms with Crippen LogP contribution >= 0.6 is 55.4 Å². The zero-order valence-corrected chi connectivity index (χ0v) is 18.0. The van der Waals surface area contributed by atoms with Gasteiger partial charge in [-0.1, -0.05) is 31.9 Å². The van der Waals surface area contributed by atoms with Crippen molar-refractivity contribution in [2.24, 2.45) is 0 Å². The fraction of sp³-hybridized carbons (Fsp3) is 0.900. The van der Waals surface area contributed by atoms with Crippen molar-refractivity contribution in [3.05, 3.63) is 0 Å². The highest BCUT2D eigenvalue weighted by Crippen LogP contribution is 2.65. The van der Waals surface area contributed by atoms with Crippen LogP contribution in [0.25, 0.3) is 0 Å². The molecular weight excluding hydrogens is 502 g/mol. The van der Waals surface area contributed by atoms with E-state index >= 15 is 0 Å². The van der Waals surface area contributed by atoms with Crippen molar-refractivity contribution in [3.8, 4) is 0 Å². The Morgan fingerprint density at radius 3 is 2.32 bits per heavy atom. The molecule has 0 aromatic heterocycles. The van der Waals surface area contributed by atoms with E-state index in [1.807, 2.05) is 6.92 Å². The Morgan fingerprint density at radius 1 is 1.37 bits per heavy atom. The fourth-order valence-electron chi connectivity index (χ4n) is 2.18. The van der Waals surface area contributed by atoms with E-state index in [1.165, 1.54) is 4.38 Å². The van der Waals surface area contributed by atoms with Crippen LogP contribution in [0.3, 0.4) is 0 Å². The molecular formula is C10H16Br3NO2S3. The van der Waals surface area contributed by atoms with Gasteiger partial charge in [0.15, 0.2) is 12.4 Å². The summed E-state index contributed by atoms with van der Waals surface area (Å²) in [7, 11) is -3.14. The zero-order chi connectivity index (χ0) is 13.8. The van der Waals surface area contributed by atoms with E-state index in [1.54, 1.807) is 23.5 Å². The van der Waals surface area contributed by atoms with Gasteiger partial charge in [0.2, 0.25) is 0 Å². The Kier molecular flexibility index (Phi) is 6.04. The summed E-state index contributed by atoms with van der Waals surface area (Å²) in [6.07, 6.45) is 0. The number of nitrogens with zero attached hydrogens (tertiary/aromatic N) is 1. The molecule has 0 N–H and O–H groups in total. The maximum atomic E-state index is 12.2. The second-order valence-electron chi connectivity index (χ2n) is 4.55. The normalized spacial score (nSPS) is 34.8. The molecule has 2 saturated heterocycles. The average Bonchev–Trinajstić information content (AvgIpc) is 2.63. The molecule has 0 spiro atoms. The summed E-state index contributed by atoms with van der Waals surface area (Å²) in [4.78, 5) is 0. The molecule has 2 aliphatic rings. The van der Waals surface area contributed by atoms with Crippen molar-refractivity contribution in [3.63, 3.8) is 0 Å². The molecule has 2 fully saturated rings. The first-order chi connectivity index (χ1) is 8.19. The van der Waals surface area contributed by atoms with E-state index in [0.29, 0.717) is 0 Å². The van der Waals surface area contributed by atoms with Crippen LogP contribution in [0.15, 0.2) is 0 Å². The summed E-state index contributed by atoms with van der Waals surface area (Å²) in [5.74, 6) is 0.225. The van der Waals surface area contributed by atoms with E-state index in [4.69, 9.17) is 0 Å². The van der Waals surface area contributed by atoms with Crippen LogP contribution in [-0.2, 0) is 9.84 Å². The molecule has 112 valence electrons. The minimum absolute atomic E-state index is 0. The first-order valence-electron chi connectivity index (χ1n) is 5.77. The fourth-order valence-corrected chi connectivity index (χ4v) is 11.0. The quantitative estimate of drug-likeness (QED) is 0.378. The Labute approximate surface area is 150 Å². The number of fused-ring (bicyclic) bond motifs is 1. The molecule has 19 heavy (non-hydrogen) atoms. The SMILES string of the molecule is CC[N+](CC)=C1S[C@@H]2CS(=O)(=O)C(Br)(Br)[C@]2(C)S1.[Br-]. The second kappa shape index (κ2) is 6.10. The highest BCUT2D eigenvalue weighted by molar-refractivity contribution is 9.28. The molecule has 3 nitrogen and oxygen atoms in total. The lowest BCUT2D eigenvalue weighted by molar-refractivity contribution is -0.515. The summed E-state index contributed by atoms with van der Waals surface area (Å²) in [5.41, 5.74) is 0. The minimum Gasteiger partial charge on any atom is -1.00 e. The monoisotopic (exact) mass is 515 g/mol. The highest BCUT2D eigenvalue weighted by Gasteiger charge is 2.70. The molecule has 0 aromatic rings. The Bertz CT molecular complexity index is 500. The van der Waals surface area contributed by atoms with Gasteiger partial charge in [0.1, 0.15) is 13.1 Å². The molecule has 0 bridgehead atoms. The summed E-state index contributed by atoms with van der Waals surface area (Å²) >= 11 is 10.2. The number of thioether (sulfide) groups is 2. The van der Waals surface area contributed by atoms with Gasteiger partial charge >= 0.3 is 0 Å². The Hall–Kier alpha value is 1.76. The van der Waals surface area contributed by atoms with Crippen molar-refractivity contribution in [2.75, 3.05) is 18.8 Å². The third kappa shape index (κ3) is 2.73. The molecule has 0 radical (unpaired) electrons. The van der Waals surface area contributed by atoms with Crippen LogP contribution in [0.1, 0.15) is 20.8 Å². The third-order valence-electron chi connectivity index (χ3n) is 3.52. The summed E-state index contributed by atoms with van der Waals surface area (Å²) in [6, 6.07) is 0. The van der Waals surface area contributed by atoms with E-state index < -0.39 is 12.4 Å². The average molecular weight is 518 g/mol. The van der Waals surface area contributed by atoms with E-state index in [-0.39, 0.29) is 32.7 Å². The first-order valence-corrected chi connectivity index (χ1v) is 10.7. The van der Waals surface area contributed by atoms with Gasteiger partial charge in [-0.05, 0) is 44.3 Å². The number of rotatable bonds is 2. The predicted molar refractivity (Wildman–Crippen MR) is 88.1 cm³/mol. The van der Waals surface area contributed by atoms with Gasteiger partial charge in [-0.3, -0.25) is 0 Å². The number of hydrogen-bond acceptors (Lipinski definition) is 4. The van der Waals surface area contributed by atoms with Crippen molar-refractivity contribution < 1.29 is 30.0 Å². The van der Waals surface area contributed by atoms with Gasteiger partial charge in [0.05, 0.1) is 10.5 Å². The minimum atomic E-state index is -3.14. The van der Waals surface area contributed by atoms with Crippen LogP contribution < -0.4 is 17.0 Å². The highest BCUT2D eigenvalue weighted by atomic mass is 79.9. The van der Waals surface area contributed by atoms with Crippen molar-refractivity contribution in [2.45, 2.75) is 33.3 Å². The van der Waals surface area contributed by atoms with Gasteiger partial charge < -0.3 is 17.0 Å². The Balaban J connectivity index is 0.00000180. The van der Waals surface area contributed by atoms with Crippen molar-refractivity contribution >= 4 is 69.6 Å². The van der Waals surface area contributed by atoms with E-state index in [2.05, 4.69) is 50.3 Å². The molecule has 2 heterocycles. The van der Waals surface area contributed by atoms with Gasteiger partial charge in [0, 0.05) is 5.25 Å². The number of sulfone groups is 1. The molecule has 0 aromatic carbocycles. The smallest absolute Gasteiger partial charge is 0.271 e. The predicted octanol–water partition coefficient (Wildman–Crippen LogP) is -0.122. The molecule has 0 saturated carbocycles. The molecule has 2 aliphatic heterocycles. The topological polar surface area (TPSA) is 37.1 Å². The number of alkyl halides is 2. The maximum Gasteiger partial charge on any atom is 0.271 e. The largest absolute Gasteiger partial charge is 1.00 e. The molecule has 9 heteroatoms. The van der Waals surface area contributed by atoms with Gasteiger partial charge in [0.25, 0.3) is 4.38 Å². The van der Waals surface area contributed by atoms with Crippen LogP contribution in [0.4, 0.5) is 0 Å². The molecule has 2 atom stereocenters.